The van der Waals surface area contributed by atoms with Crippen molar-refractivity contribution in [3.63, 3.8) is 0 Å². The van der Waals surface area contributed by atoms with Crippen molar-refractivity contribution < 1.29 is 0 Å². The number of nitrogens with one attached hydrogen (secondary N) is 1. The summed E-state index contributed by atoms with van der Waals surface area (Å²) in [4.78, 5) is 2.45. The molecule has 3 nitrogen and oxygen atoms in total. The Morgan fingerprint density at radius 1 is 1.62 bits per heavy atom. The summed E-state index contributed by atoms with van der Waals surface area (Å²) < 4.78 is 0. The topological polar surface area (TPSA) is 53.1 Å². The number of hydrogen-bond acceptors (Lipinski definition) is 2. The van der Waals surface area contributed by atoms with Gasteiger partial charge in [-0.25, -0.2) is 0 Å². The summed E-state index contributed by atoms with van der Waals surface area (Å²) in [6.45, 7) is 3.31. The van der Waals surface area contributed by atoms with Crippen LogP contribution in [0.3, 0.4) is 0 Å². The molecule has 0 aromatic carbocycles. The van der Waals surface area contributed by atoms with Crippen molar-refractivity contribution in [2.75, 3.05) is 6.54 Å². The molecule has 0 amide bonds. The predicted octanol–water partition coefficient (Wildman–Crippen LogP) is 1.19. The summed E-state index contributed by atoms with van der Waals surface area (Å²) in [6.07, 6.45) is 5.06. The van der Waals surface area contributed by atoms with E-state index in [1.807, 2.05) is 0 Å². The minimum absolute atomic E-state index is 0.218. The van der Waals surface area contributed by atoms with Crippen molar-refractivity contribution in [3.8, 4) is 0 Å². The van der Waals surface area contributed by atoms with Crippen molar-refractivity contribution >= 4 is 5.84 Å². The molecule has 3 unspecified atom stereocenters. The van der Waals surface area contributed by atoms with Crippen LogP contribution < -0.4 is 5.73 Å². The Labute approximate surface area is 79.8 Å². The number of nitrogens with zero attached hydrogens (tertiary/aromatic N) is 1. The van der Waals surface area contributed by atoms with Gasteiger partial charge in [-0.2, -0.15) is 0 Å². The van der Waals surface area contributed by atoms with E-state index in [0.29, 0.717) is 5.84 Å². The zero-order valence-corrected chi connectivity index (χ0v) is 8.29. The molecule has 0 radical (unpaired) electrons. The number of nitrogens with two attached hydrogens (primary N) is 1. The Morgan fingerprint density at radius 3 is 2.77 bits per heavy atom. The van der Waals surface area contributed by atoms with E-state index in [0.717, 1.165) is 18.4 Å². The van der Waals surface area contributed by atoms with Crippen LogP contribution in [0.4, 0.5) is 0 Å². The van der Waals surface area contributed by atoms with Crippen LogP contribution in [0.15, 0.2) is 0 Å². The number of amidine groups is 1. The zero-order valence-electron chi connectivity index (χ0n) is 8.29. The third-order valence-electron chi connectivity index (χ3n) is 3.60. The van der Waals surface area contributed by atoms with Crippen LogP contribution in [-0.2, 0) is 0 Å². The molecule has 1 aliphatic carbocycles. The van der Waals surface area contributed by atoms with Gasteiger partial charge in [0.15, 0.2) is 0 Å². The Hall–Kier alpha value is -0.570. The lowest BCUT2D eigenvalue weighted by molar-refractivity contribution is 0.182. The van der Waals surface area contributed by atoms with E-state index in [-0.39, 0.29) is 6.04 Å². The quantitative estimate of drug-likeness (QED) is 0.507. The molecule has 0 aromatic heterocycles. The second-order valence-electron chi connectivity index (χ2n) is 4.41. The van der Waals surface area contributed by atoms with Crippen LogP contribution in [0.2, 0.25) is 0 Å². The number of piperidine rings is 1. The van der Waals surface area contributed by atoms with Gasteiger partial charge in [-0.1, -0.05) is 6.92 Å². The highest BCUT2D eigenvalue weighted by Gasteiger charge is 2.41. The van der Waals surface area contributed by atoms with Crippen molar-refractivity contribution in [2.45, 2.75) is 44.7 Å². The molecule has 1 saturated carbocycles. The Bertz CT molecular complexity index is 214. The summed E-state index contributed by atoms with van der Waals surface area (Å²) in [6, 6.07) is 0.953. The zero-order chi connectivity index (χ0) is 9.42. The van der Waals surface area contributed by atoms with E-state index in [4.69, 9.17) is 11.1 Å². The highest BCUT2D eigenvalue weighted by Crippen LogP contribution is 2.38. The molecule has 2 aliphatic rings. The first-order valence-corrected chi connectivity index (χ1v) is 5.32. The molecule has 1 aliphatic heterocycles. The van der Waals surface area contributed by atoms with Crippen LogP contribution in [0.1, 0.15) is 32.6 Å². The molecule has 3 N–H and O–H groups in total. The van der Waals surface area contributed by atoms with Gasteiger partial charge in [0.05, 0.1) is 6.04 Å². The second-order valence-corrected chi connectivity index (χ2v) is 4.41. The summed E-state index contributed by atoms with van der Waals surface area (Å²) >= 11 is 0. The highest BCUT2D eigenvalue weighted by atomic mass is 15.2. The summed E-state index contributed by atoms with van der Waals surface area (Å²) in [5.74, 6) is 1.26. The van der Waals surface area contributed by atoms with Crippen molar-refractivity contribution in [3.05, 3.63) is 0 Å². The first-order chi connectivity index (χ1) is 6.22. The number of hydrogen-bond donors (Lipinski definition) is 2. The fourth-order valence-electron chi connectivity index (χ4n) is 2.98. The van der Waals surface area contributed by atoms with Gasteiger partial charge in [0.25, 0.3) is 0 Å². The normalized spacial score (nSPS) is 35.2. The van der Waals surface area contributed by atoms with Gasteiger partial charge in [-0.15, -0.1) is 0 Å². The summed E-state index contributed by atoms with van der Waals surface area (Å²) in [5, 5.41) is 7.53. The lowest BCUT2D eigenvalue weighted by atomic mass is 10.1. The van der Waals surface area contributed by atoms with Crippen molar-refractivity contribution in [1.29, 1.82) is 5.41 Å². The first-order valence-electron chi connectivity index (χ1n) is 5.32. The molecule has 74 valence electrons. The van der Waals surface area contributed by atoms with Crippen LogP contribution in [-0.4, -0.2) is 29.4 Å². The fourth-order valence-corrected chi connectivity index (χ4v) is 2.98. The van der Waals surface area contributed by atoms with Crippen molar-refractivity contribution in [2.24, 2.45) is 11.7 Å². The Balaban J connectivity index is 2.04. The Kier molecular flexibility index (Phi) is 2.28. The molecule has 2 rings (SSSR count). The third kappa shape index (κ3) is 1.46. The molecular weight excluding hydrogens is 162 g/mol. The smallest absolute Gasteiger partial charge is 0.108 e. The van der Waals surface area contributed by atoms with Gasteiger partial charge in [0.1, 0.15) is 5.84 Å². The van der Waals surface area contributed by atoms with E-state index >= 15 is 0 Å². The van der Waals surface area contributed by atoms with Gasteiger partial charge in [-0.3, -0.25) is 10.3 Å². The van der Waals surface area contributed by atoms with E-state index in [1.165, 1.54) is 25.8 Å². The molecule has 0 spiro atoms. The van der Waals surface area contributed by atoms with Crippen LogP contribution >= 0.6 is 0 Å². The maximum absolute atomic E-state index is 7.53. The van der Waals surface area contributed by atoms with Gasteiger partial charge >= 0.3 is 0 Å². The van der Waals surface area contributed by atoms with Crippen LogP contribution in [0, 0.1) is 11.3 Å². The standard InChI is InChI=1S/C10H19N3/c1-2-9(10(11)12)13-6-7-3-4-8(13)5-7/h7-9H,2-6H2,1H3,(H3,11,12). The Morgan fingerprint density at radius 2 is 2.38 bits per heavy atom. The van der Waals surface area contributed by atoms with Crippen molar-refractivity contribution in [1.82, 2.24) is 4.90 Å². The van der Waals surface area contributed by atoms with Gasteiger partial charge in [0.2, 0.25) is 0 Å². The summed E-state index contributed by atoms with van der Waals surface area (Å²) in [7, 11) is 0. The highest BCUT2D eigenvalue weighted by molar-refractivity contribution is 5.82. The number of likely N-dealkylation sites (tertiary alicyclic amines) is 1. The maximum atomic E-state index is 7.53. The largest absolute Gasteiger partial charge is 0.386 e. The average Bonchev–Trinajstić information content (AvgIpc) is 2.65. The molecule has 2 bridgehead atoms. The monoisotopic (exact) mass is 181 g/mol. The maximum Gasteiger partial charge on any atom is 0.108 e. The molecule has 3 atom stereocenters. The molecule has 1 saturated heterocycles. The predicted molar refractivity (Wildman–Crippen MR) is 53.8 cm³/mol. The first kappa shape index (κ1) is 9.00. The third-order valence-corrected chi connectivity index (χ3v) is 3.60. The molecule has 0 aromatic rings. The van der Waals surface area contributed by atoms with Crippen LogP contribution in [0.5, 0.6) is 0 Å². The van der Waals surface area contributed by atoms with E-state index in [1.54, 1.807) is 0 Å². The molecular formula is C10H19N3. The SMILES string of the molecule is CCC(C(=N)N)N1CC2CCC1C2. The van der Waals surface area contributed by atoms with Crippen LogP contribution in [0.25, 0.3) is 0 Å². The molecule has 13 heavy (non-hydrogen) atoms. The lowest BCUT2D eigenvalue weighted by Crippen LogP contribution is -2.47. The van der Waals surface area contributed by atoms with E-state index in [9.17, 15) is 0 Å². The minimum Gasteiger partial charge on any atom is -0.386 e. The summed E-state index contributed by atoms with van der Waals surface area (Å²) in [5.41, 5.74) is 5.60. The number of rotatable bonds is 3. The molecule has 3 heteroatoms. The minimum atomic E-state index is 0.218. The van der Waals surface area contributed by atoms with E-state index < -0.39 is 0 Å². The van der Waals surface area contributed by atoms with Gasteiger partial charge in [-0.05, 0) is 31.6 Å². The molecule has 1 heterocycles. The number of fused-ring (bicyclic) bond motifs is 2. The second kappa shape index (κ2) is 3.29. The fraction of sp³-hybridized carbons (Fsp3) is 0.900. The molecule has 2 fully saturated rings. The average molecular weight is 181 g/mol. The van der Waals surface area contributed by atoms with Gasteiger partial charge < -0.3 is 5.73 Å². The lowest BCUT2D eigenvalue weighted by Gasteiger charge is -2.33. The van der Waals surface area contributed by atoms with Gasteiger partial charge in [0, 0.05) is 12.6 Å². The van der Waals surface area contributed by atoms with E-state index in [2.05, 4.69) is 11.8 Å².